The van der Waals surface area contributed by atoms with Gasteiger partial charge < -0.3 is 14.6 Å². The minimum Gasteiger partial charge on any atom is -0.497 e. The molecule has 0 unspecified atom stereocenters. The van der Waals surface area contributed by atoms with E-state index in [4.69, 9.17) is 4.74 Å². The Labute approximate surface area is 217 Å². The Hall–Kier alpha value is -3.72. The van der Waals surface area contributed by atoms with Crippen molar-refractivity contribution in [1.82, 2.24) is 30.1 Å². The number of tetrazole rings is 1. The maximum Gasteiger partial charge on any atom is 0.253 e. The summed E-state index contributed by atoms with van der Waals surface area (Å²) in [7, 11) is 1.68. The van der Waals surface area contributed by atoms with E-state index in [0.29, 0.717) is 11.4 Å². The number of aromatic amines is 1. The van der Waals surface area contributed by atoms with Gasteiger partial charge in [-0.2, -0.15) is 0 Å². The number of nitrogens with one attached hydrogen (secondary N) is 1. The van der Waals surface area contributed by atoms with Crippen LogP contribution >= 0.6 is 0 Å². The zero-order valence-corrected chi connectivity index (χ0v) is 22.4. The van der Waals surface area contributed by atoms with Crippen LogP contribution in [0.25, 0.3) is 10.9 Å². The highest BCUT2D eigenvalue weighted by Crippen LogP contribution is 2.31. The van der Waals surface area contributed by atoms with Crippen molar-refractivity contribution in [2.75, 3.05) is 38.2 Å². The smallest absolute Gasteiger partial charge is 0.253 e. The molecule has 0 radical (unpaired) electrons. The van der Waals surface area contributed by atoms with E-state index in [2.05, 4.69) is 83.1 Å². The zero-order chi connectivity index (χ0) is 26.3. The van der Waals surface area contributed by atoms with Crippen LogP contribution in [0.15, 0.2) is 47.3 Å². The number of H-pyrrole nitrogens is 1. The fourth-order valence-corrected chi connectivity index (χ4v) is 5.07. The molecule has 0 bridgehead atoms. The minimum atomic E-state index is -0.373. The number of aromatic nitrogens is 5. The molecule has 37 heavy (non-hydrogen) atoms. The molecule has 0 spiro atoms. The standard InChI is InChI=1S/C28H35N7O2/c1-18-15-20-17-23(27(36)29-24(20)16-19(18)2)25(26-30-31-32-35(26)28(3,4)5)34-13-11-33(12-14-34)21-7-9-22(37-6)10-8-21/h7-10,15-17,25H,11-14H2,1-6H3,(H,29,36)/t25-/m1/s1. The van der Waals surface area contributed by atoms with Crippen molar-refractivity contribution in [3.63, 3.8) is 0 Å². The van der Waals surface area contributed by atoms with Crippen molar-refractivity contribution >= 4 is 16.6 Å². The van der Waals surface area contributed by atoms with Crippen LogP contribution in [0.1, 0.15) is 49.3 Å². The molecule has 2 aromatic heterocycles. The molecule has 3 heterocycles. The lowest BCUT2D eigenvalue weighted by Gasteiger charge is -2.40. The quantitative estimate of drug-likeness (QED) is 0.445. The molecule has 1 N–H and O–H groups in total. The summed E-state index contributed by atoms with van der Waals surface area (Å²) in [5.41, 5.74) is 4.56. The van der Waals surface area contributed by atoms with Crippen molar-refractivity contribution in [3.05, 3.63) is 75.3 Å². The third kappa shape index (κ3) is 4.83. The highest BCUT2D eigenvalue weighted by atomic mass is 16.5. The maximum absolute atomic E-state index is 13.5. The maximum atomic E-state index is 13.5. The number of ether oxygens (including phenoxy) is 1. The van der Waals surface area contributed by atoms with Crippen LogP contribution in [0.4, 0.5) is 5.69 Å². The Morgan fingerprint density at radius 3 is 2.30 bits per heavy atom. The Balaban J connectivity index is 1.54. The van der Waals surface area contributed by atoms with Crippen molar-refractivity contribution in [2.24, 2.45) is 0 Å². The molecule has 0 amide bonds. The average Bonchev–Trinajstić information content (AvgIpc) is 3.37. The first kappa shape index (κ1) is 25.0. The molecule has 2 aromatic carbocycles. The second kappa shape index (κ2) is 9.63. The van der Waals surface area contributed by atoms with Gasteiger partial charge in [-0.25, -0.2) is 4.68 Å². The van der Waals surface area contributed by atoms with Crippen molar-refractivity contribution in [2.45, 2.75) is 46.2 Å². The van der Waals surface area contributed by atoms with Gasteiger partial charge in [-0.05, 0) is 104 Å². The van der Waals surface area contributed by atoms with Crippen LogP contribution in [0.2, 0.25) is 0 Å². The molecule has 1 aliphatic heterocycles. The lowest BCUT2D eigenvalue weighted by atomic mass is 9.99. The van der Waals surface area contributed by atoms with E-state index < -0.39 is 0 Å². The van der Waals surface area contributed by atoms with E-state index in [1.165, 1.54) is 5.56 Å². The molecule has 194 valence electrons. The number of hydrogen-bond acceptors (Lipinski definition) is 7. The topological polar surface area (TPSA) is 92.2 Å². The van der Waals surface area contributed by atoms with E-state index in [0.717, 1.165) is 54.1 Å². The second-order valence-electron chi connectivity index (χ2n) is 10.8. The number of pyridine rings is 1. The van der Waals surface area contributed by atoms with Gasteiger partial charge >= 0.3 is 0 Å². The number of nitrogens with zero attached hydrogens (tertiary/aromatic N) is 6. The SMILES string of the molecule is COc1ccc(N2CCN([C@H](c3cc4cc(C)c(C)cc4[nH]c3=O)c3nnnn3C(C)(C)C)CC2)cc1. The Morgan fingerprint density at radius 2 is 1.65 bits per heavy atom. The normalized spacial score (nSPS) is 15.8. The van der Waals surface area contributed by atoms with E-state index in [1.54, 1.807) is 7.11 Å². The first-order valence-electron chi connectivity index (χ1n) is 12.7. The van der Waals surface area contributed by atoms with Gasteiger partial charge in [0.1, 0.15) is 11.8 Å². The van der Waals surface area contributed by atoms with Gasteiger partial charge in [0, 0.05) is 42.9 Å². The van der Waals surface area contributed by atoms with Crippen LogP contribution in [-0.2, 0) is 5.54 Å². The number of methoxy groups -OCH3 is 1. The van der Waals surface area contributed by atoms with Crippen LogP contribution in [0, 0.1) is 13.8 Å². The number of anilines is 1. The number of fused-ring (bicyclic) bond motifs is 1. The summed E-state index contributed by atoms with van der Waals surface area (Å²) in [6, 6.07) is 14.0. The summed E-state index contributed by atoms with van der Waals surface area (Å²) in [6.45, 7) is 13.5. The predicted octanol–water partition coefficient (Wildman–Crippen LogP) is 3.81. The van der Waals surface area contributed by atoms with Gasteiger partial charge in [-0.3, -0.25) is 9.69 Å². The van der Waals surface area contributed by atoms with Crippen molar-refractivity contribution in [3.8, 4) is 5.75 Å². The number of benzene rings is 2. The Morgan fingerprint density at radius 1 is 0.973 bits per heavy atom. The summed E-state index contributed by atoms with van der Waals surface area (Å²) in [5, 5.41) is 13.8. The first-order valence-corrected chi connectivity index (χ1v) is 12.7. The summed E-state index contributed by atoms with van der Waals surface area (Å²) < 4.78 is 7.15. The summed E-state index contributed by atoms with van der Waals surface area (Å²) >= 11 is 0. The number of rotatable bonds is 5. The summed E-state index contributed by atoms with van der Waals surface area (Å²) in [4.78, 5) is 21.3. The number of hydrogen-bond donors (Lipinski definition) is 1. The first-order chi connectivity index (χ1) is 17.7. The van der Waals surface area contributed by atoms with Gasteiger partial charge in [0.25, 0.3) is 5.56 Å². The van der Waals surface area contributed by atoms with Crippen LogP contribution in [-0.4, -0.2) is 63.4 Å². The van der Waals surface area contributed by atoms with Gasteiger partial charge in [0.15, 0.2) is 5.82 Å². The molecule has 4 aromatic rings. The second-order valence-corrected chi connectivity index (χ2v) is 10.8. The highest BCUT2D eigenvalue weighted by Gasteiger charge is 2.35. The predicted molar refractivity (Wildman–Crippen MR) is 145 cm³/mol. The van der Waals surface area contributed by atoms with Gasteiger partial charge in [0.2, 0.25) is 0 Å². The third-order valence-corrected chi connectivity index (χ3v) is 7.27. The molecule has 9 heteroatoms. The summed E-state index contributed by atoms with van der Waals surface area (Å²) in [5.74, 6) is 1.52. The molecule has 1 fully saturated rings. The van der Waals surface area contributed by atoms with Crippen molar-refractivity contribution in [1.29, 1.82) is 0 Å². The molecular formula is C28H35N7O2. The molecule has 0 aliphatic carbocycles. The average molecular weight is 502 g/mol. The van der Waals surface area contributed by atoms with E-state index in [1.807, 2.05) is 28.9 Å². The largest absolute Gasteiger partial charge is 0.497 e. The van der Waals surface area contributed by atoms with E-state index in [9.17, 15) is 4.79 Å². The van der Waals surface area contributed by atoms with E-state index >= 15 is 0 Å². The van der Waals surface area contributed by atoms with Gasteiger partial charge in [0.05, 0.1) is 12.6 Å². The van der Waals surface area contributed by atoms with Gasteiger partial charge in [-0.15, -0.1) is 5.10 Å². The lowest BCUT2D eigenvalue weighted by Crippen LogP contribution is -2.49. The number of piperazine rings is 1. The minimum absolute atomic E-state index is 0.109. The van der Waals surface area contributed by atoms with E-state index in [-0.39, 0.29) is 17.1 Å². The summed E-state index contributed by atoms with van der Waals surface area (Å²) in [6.07, 6.45) is 0. The highest BCUT2D eigenvalue weighted by molar-refractivity contribution is 5.81. The molecule has 1 aliphatic rings. The molecule has 1 saturated heterocycles. The molecule has 1 atom stereocenters. The fraction of sp³-hybridized carbons (Fsp3) is 0.429. The molecule has 9 nitrogen and oxygen atoms in total. The molecular weight excluding hydrogens is 466 g/mol. The Bertz CT molecular complexity index is 1460. The fourth-order valence-electron chi connectivity index (χ4n) is 5.07. The number of aryl methyl sites for hydroxylation is 2. The van der Waals surface area contributed by atoms with Crippen LogP contribution in [0.5, 0.6) is 5.75 Å². The van der Waals surface area contributed by atoms with Gasteiger partial charge in [-0.1, -0.05) is 0 Å². The monoisotopic (exact) mass is 501 g/mol. The van der Waals surface area contributed by atoms with Crippen LogP contribution in [0.3, 0.4) is 0 Å². The van der Waals surface area contributed by atoms with Crippen LogP contribution < -0.4 is 15.2 Å². The zero-order valence-electron chi connectivity index (χ0n) is 22.4. The lowest BCUT2D eigenvalue weighted by molar-refractivity contribution is 0.190. The third-order valence-electron chi connectivity index (χ3n) is 7.27. The Kier molecular flexibility index (Phi) is 6.49. The van der Waals surface area contributed by atoms with Crippen molar-refractivity contribution < 1.29 is 4.74 Å². The molecule has 0 saturated carbocycles. The molecule has 5 rings (SSSR count).